The van der Waals surface area contributed by atoms with E-state index >= 15 is 0 Å². The van der Waals surface area contributed by atoms with Crippen LogP contribution in [0.15, 0.2) is 36.8 Å². The van der Waals surface area contributed by atoms with Gasteiger partial charge in [-0.15, -0.1) is 0 Å². The van der Waals surface area contributed by atoms with Crippen LogP contribution in [0.2, 0.25) is 0 Å². The molecule has 3 aromatic heterocycles. The number of aromatic nitrogens is 4. The molecule has 1 unspecified atom stereocenters. The Morgan fingerprint density at radius 1 is 0.973 bits per heavy atom. The highest BCUT2D eigenvalue weighted by Gasteiger charge is 2.29. The molecule has 0 spiro atoms. The number of nitrogens with zero attached hydrogens (tertiary/aromatic N) is 4. The van der Waals surface area contributed by atoms with Gasteiger partial charge in [-0.25, -0.2) is 14.1 Å². The highest BCUT2D eigenvalue weighted by atomic mass is 19.1. The Morgan fingerprint density at radius 2 is 1.86 bits per heavy atom. The van der Waals surface area contributed by atoms with Crippen LogP contribution in [0.4, 0.5) is 4.39 Å². The summed E-state index contributed by atoms with van der Waals surface area (Å²) < 4.78 is 34.6. The second kappa shape index (κ2) is 9.63. The van der Waals surface area contributed by atoms with E-state index in [2.05, 4.69) is 22.4 Å². The average molecular weight is 504 g/mol. The topological polar surface area (TPSA) is 83.3 Å². The molecule has 3 fully saturated rings. The lowest BCUT2D eigenvalue weighted by Gasteiger charge is -2.30. The van der Waals surface area contributed by atoms with E-state index in [-0.39, 0.29) is 24.1 Å². The first-order valence-corrected chi connectivity index (χ1v) is 13.3. The summed E-state index contributed by atoms with van der Waals surface area (Å²) >= 11 is 0. The van der Waals surface area contributed by atoms with Crippen molar-refractivity contribution in [3.05, 3.63) is 48.3 Å². The Hall–Kier alpha value is -3.14. The van der Waals surface area contributed by atoms with Gasteiger partial charge < -0.3 is 19.5 Å². The molecule has 7 rings (SSSR count). The Balaban J connectivity index is 1.48. The molecule has 4 aromatic rings. The minimum absolute atomic E-state index is 0.0715. The standard InChI is InChI=1S/C28H30FN5O3/c29-20-9-19(12-30-14-20)26-22-10-18-13-32-34(25-3-1-2-6-36-25)24(18)11-23(22)28(37-21-15-31-16-21)33-27(26)17-4-7-35-8-5-17/h9-14,17,21,25,31H,1-8,15-16H2. The number of hydrogen-bond donors (Lipinski definition) is 1. The second-order valence-electron chi connectivity index (χ2n) is 10.2. The molecule has 37 heavy (non-hydrogen) atoms. The maximum absolute atomic E-state index is 14.4. The first kappa shape index (κ1) is 23.0. The summed E-state index contributed by atoms with van der Waals surface area (Å²) in [6, 6.07) is 5.81. The lowest BCUT2D eigenvalue weighted by molar-refractivity contribution is -0.0366. The molecular weight excluding hydrogens is 473 g/mol. The predicted molar refractivity (Wildman–Crippen MR) is 137 cm³/mol. The number of benzene rings is 1. The molecule has 1 atom stereocenters. The van der Waals surface area contributed by atoms with Crippen molar-refractivity contribution >= 4 is 21.7 Å². The fourth-order valence-corrected chi connectivity index (χ4v) is 5.70. The number of nitrogens with one attached hydrogen (secondary N) is 1. The van der Waals surface area contributed by atoms with Crippen LogP contribution in [0.25, 0.3) is 32.8 Å². The van der Waals surface area contributed by atoms with Gasteiger partial charge in [0.1, 0.15) is 11.9 Å². The minimum atomic E-state index is -0.368. The van der Waals surface area contributed by atoms with Crippen LogP contribution in [0.5, 0.6) is 5.88 Å². The molecule has 1 aromatic carbocycles. The van der Waals surface area contributed by atoms with Crippen molar-refractivity contribution in [3.8, 4) is 17.0 Å². The number of hydrogen-bond acceptors (Lipinski definition) is 7. The van der Waals surface area contributed by atoms with Crippen molar-refractivity contribution < 1.29 is 18.6 Å². The van der Waals surface area contributed by atoms with Gasteiger partial charge in [0.2, 0.25) is 5.88 Å². The molecule has 1 N–H and O–H groups in total. The maximum Gasteiger partial charge on any atom is 0.222 e. The minimum Gasteiger partial charge on any atom is -0.471 e. The van der Waals surface area contributed by atoms with E-state index in [0.717, 1.165) is 90.3 Å². The van der Waals surface area contributed by atoms with Crippen LogP contribution in [0.1, 0.15) is 49.9 Å². The number of rotatable bonds is 5. The van der Waals surface area contributed by atoms with E-state index in [4.69, 9.17) is 24.3 Å². The van der Waals surface area contributed by atoms with E-state index in [0.29, 0.717) is 19.1 Å². The van der Waals surface area contributed by atoms with E-state index in [1.54, 1.807) is 12.3 Å². The third-order valence-electron chi connectivity index (χ3n) is 7.77. The SMILES string of the molecule is Fc1cncc(-c2c(C3CCOCC3)nc(OC3CNC3)c3cc4c(cnn4C4CCCCO4)cc23)c1. The summed E-state index contributed by atoms with van der Waals surface area (Å²) in [5.74, 6) is 0.440. The Morgan fingerprint density at radius 3 is 2.62 bits per heavy atom. The third-order valence-corrected chi connectivity index (χ3v) is 7.77. The van der Waals surface area contributed by atoms with Crippen LogP contribution >= 0.6 is 0 Å². The molecule has 6 heterocycles. The number of ether oxygens (including phenoxy) is 3. The van der Waals surface area contributed by atoms with Crippen LogP contribution in [0.3, 0.4) is 0 Å². The zero-order chi connectivity index (χ0) is 24.8. The highest BCUT2D eigenvalue weighted by molar-refractivity contribution is 6.06. The molecule has 9 heteroatoms. The van der Waals surface area contributed by atoms with Crippen molar-refractivity contribution in [2.75, 3.05) is 32.9 Å². The summed E-state index contributed by atoms with van der Waals surface area (Å²) in [5, 5.41) is 10.9. The summed E-state index contributed by atoms with van der Waals surface area (Å²) in [5.41, 5.74) is 3.54. The lowest BCUT2D eigenvalue weighted by atomic mass is 9.87. The molecule has 3 aliphatic heterocycles. The third kappa shape index (κ3) is 4.24. The normalized spacial score (nSPS) is 21.4. The Bertz CT molecular complexity index is 1440. The van der Waals surface area contributed by atoms with Crippen LogP contribution in [-0.2, 0) is 9.47 Å². The molecular formula is C28H30FN5O3. The van der Waals surface area contributed by atoms with Gasteiger partial charge in [-0.2, -0.15) is 5.10 Å². The fourth-order valence-electron chi connectivity index (χ4n) is 5.70. The summed E-state index contributed by atoms with van der Waals surface area (Å²) in [6.07, 6.45) is 9.70. The number of pyridine rings is 2. The van der Waals surface area contributed by atoms with E-state index in [9.17, 15) is 4.39 Å². The molecule has 0 bridgehead atoms. The fraction of sp³-hybridized carbons (Fsp3) is 0.464. The number of halogens is 1. The highest BCUT2D eigenvalue weighted by Crippen LogP contribution is 2.43. The van der Waals surface area contributed by atoms with E-state index < -0.39 is 0 Å². The largest absolute Gasteiger partial charge is 0.471 e. The van der Waals surface area contributed by atoms with E-state index in [1.807, 2.05) is 10.9 Å². The van der Waals surface area contributed by atoms with Gasteiger partial charge in [-0.05, 0) is 55.7 Å². The van der Waals surface area contributed by atoms with Gasteiger partial charge in [0.25, 0.3) is 0 Å². The summed E-state index contributed by atoms with van der Waals surface area (Å²) in [4.78, 5) is 9.34. The van der Waals surface area contributed by atoms with Crippen LogP contribution in [-0.4, -0.2) is 58.8 Å². The lowest BCUT2D eigenvalue weighted by Crippen LogP contribution is -2.50. The zero-order valence-corrected chi connectivity index (χ0v) is 20.7. The van der Waals surface area contributed by atoms with Crippen molar-refractivity contribution in [1.82, 2.24) is 25.1 Å². The summed E-state index contributed by atoms with van der Waals surface area (Å²) in [7, 11) is 0. The first-order valence-electron chi connectivity index (χ1n) is 13.3. The van der Waals surface area contributed by atoms with Gasteiger partial charge in [0.05, 0.1) is 23.6 Å². The van der Waals surface area contributed by atoms with Gasteiger partial charge in [-0.1, -0.05) is 0 Å². The quantitative estimate of drug-likeness (QED) is 0.422. The van der Waals surface area contributed by atoms with Gasteiger partial charge >= 0.3 is 0 Å². The van der Waals surface area contributed by atoms with Gasteiger partial charge in [0, 0.05) is 66.9 Å². The first-order chi connectivity index (χ1) is 18.2. The molecule has 0 amide bonds. The van der Waals surface area contributed by atoms with Crippen LogP contribution < -0.4 is 10.1 Å². The maximum atomic E-state index is 14.4. The predicted octanol–water partition coefficient (Wildman–Crippen LogP) is 4.73. The van der Waals surface area contributed by atoms with Gasteiger partial charge in [0.15, 0.2) is 6.23 Å². The number of fused-ring (bicyclic) bond motifs is 2. The Labute approximate surface area is 214 Å². The summed E-state index contributed by atoms with van der Waals surface area (Å²) in [6.45, 7) is 3.69. The Kier molecular flexibility index (Phi) is 5.99. The van der Waals surface area contributed by atoms with Crippen molar-refractivity contribution in [1.29, 1.82) is 0 Å². The smallest absolute Gasteiger partial charge is 0.222 e. The monoisotopic (exact) mass is 503 g/mol. The van der Waals surface area contributed by atoms with E-state index in [1.165, 1.54) is 6.20 Å². The molecule has 0 radical (unpaired) electrons. The van der Waals surface area contributed by atoms with Crippen molar-refractivity contribution in [3.63, 3.8) is 0 Å². The zero-order valence-electron chi connectivity index (χ0n) is 20.7. The average Bonchev–Trinajstić information content (AvgIpc) is 3.33. The molecule has 3 saturated heterocycles. The molecule has 0 aliphatic carbocycles. The molecule has 3 aliphatic rings. The molecule has 192 valence electrons. The van der Waals surface area contributed by atoms with Crippen LogP contribution in [0, 0.1) is 5.82 Å². The van der Waals surface area contributed by atoms with Crippen molar-refractivity contribution in [2.45, 2.75) is 50.4 Å². The van der Waals surface area contributed by atoms with Gasteiger partial charge in [-0.3, -0.25) is 4.98 Å². The molecule has 0 saturated carbocycles. The molecule has 8 nitrogen and oxygen atoms in total. The van der Waals surface area contributed by atoms with Crippen molar-refractivity contribution in [2.24, 2.45) is 0 Å². The second-order valence-corrected chi connectivity index (χ2v) is 10.2.